The SMILES string of the molecule is O=P(O)(O)OC[C@H]1O[C@H](O[C@H]2[C@H](O)[C@@H](O)C(O)O[C@@H]2CO)[C@H](O)[C@@H](O)[C@@H]1O. The zero-order valence-electron chi connectivity index (χ0n) is 13.7. The van der Waals surface area contributed by atoms with Gasteiger partial charge in [0, 0.05) is 0 Å². The molecule has 14 nitrogen and oxygen atoms in total. The Hall–Kier alpha value is -0.290. The first-order chi connectivity index (χ1) is 12.5. The second-order valence-electron chi connectivity index (χ2n) is 6.13. The normalized spacial score (nSPS) is 46.4. The first kappa shape index (κ1) is 23.0. The van der Waals surface area contributed by atoms with Crippen molar-refractivity contribution in [1.29, 1.82) is 0 Å². The van der Waals surface area contributed by atoms with E-state index in [1.165, 1.54) is 0 Å². The fourth-order valence-corrected chi connectivity index (χ4v) is 3.07. The summed E-state index contributed by atoms with van der Waals surface area (Å²) in [5, 5.41) is 68.1. The standard InChI is InChI=1S/C12H23O14P/c13-1-3-10(7(16)8(17)11(19)24-3)26-12-9(18)6(15)5(14)4(25-12)2-23-27(20,21)22/h3-19H,1-2H2,(H2,20,21,22)/t3-,4-,5-,6+,7-,8-,9-,10-,11?,12-/m1/s1. The minimum absolute atomic E-state index is 0.760. The molecule has 160 valence electrons. The summed E-state index contributed by atoms with van der Waals surface area (Å²) >= 11 is 0. The summed E-state index contributed by atoms with van der Waals surface area (Å²) in [6, 6.07) is 0. The van der Waals surface area contributed by atoms with Crippen LogP contribution in [0.1, 0.15) is 0 Å². The highest BCUT2D eigenvalue weighted by Gasteiger charge is 2.50. The number of ether oxygens (including phenoxy) is 3. The van der Waals surface area contributed by atoms with Gasteiger partial charge in [0.1, 0.15) is 48.8 Å². The minimum atomic E-state index is -4.92. The van der Waals surface area contributed by atoms with E-state index in [9.17, 15) is 40.3 Å². The number of aliphatic hydroxyl groups excluding tert-OH is 7. The van der Waals surface area contributed by atoms with Crippen molar-refractivity contribution in [2.75, 3.05) is 13.2 Å². The molecular weight excluding hydrogens is 399 g/mol. The van der Waals surface area contributed by atoms with Crippen LogP contribution in [-0.4, -0.2) is 120 Å². The van der Waals surface area contributed by atoms with Gasteiger partial charge in [0.2, 0.25) is 0 Å². The first-order valence-corrected chi connectivity index (χ1v) is 9.35. The Kier molecular flexibility index (Phi) is 7.68. The molecule has 2 heterocycles. The zero-order valence-corrected chi connectivity index (χ0v) is 14.6. The topological polar surface area (TPSA) is 236 Å². The van der Waals surface area contributed by atoms with Gasteiger partial charge in [-0.15, -0.1) is 0 Å². The fourth-order valence-electron chi connectivity index (χ4n) is 2.73. The third-order valence-corrected chi connectivity index (χ3v) is 4.69. The second kappa shape index (κ2) is 9.02. The maximum absolute atomic E-state index is 10.8. The summed E-state index contributed by atoms with van der Waals surface area (Å²) in [6.07, 6.45) is -17.1. The smallest absolute Gasteiger partial charge is 0.394 e. The molecular formula is C12H23O14P. The molecule has 2 saturated heterocycles. The summed E-state index contributed by atoms with van der Waals surface area (Å²) < 4.78 is 30.3. The van der Waals surface area contributed by atoms with E-state index in [-0.39, 0.29) is 0 Å². The molecule has 0 spiro atoms. The lowest BCUT2D eigenvalue weighted by Gasteiger charge is -2.45. The molecule has 2 aliphatic rings. The molecule has 10 atom stereocenters. The third kappa shape index (κ3) is 5.41. The summed E-state index contributed by atoms with van der Waals surface area (Å²) in [4.78, 5) is 17.4. The van der Waals surface area contributed by atoms with Crippen LogP contribution in [0.4, 0.5) is 0 Å². The van der Waals surface area contributed by atoms with Crippen LogP contribution < -0.4 is 0 Å². The van der Waals surface area contributed by atoms with E-state index in [0.717, 1.165) is 0 Å². The lowest BCUT2D eigenvalue weighted by Crippen LogP contribution is -2.64. The van der Waals surface area contributed by atoms with Gasteiger partial charge < -0.3 is 59.7 Å². The van der Waals surface area contributed by atoms with Crippen molar-refractivity contribution in [3.05, 3.63) is 0 Å². The monoisotopic (exact) mass is 422 g/mol. The van der Waals surface area contributed by atoms with Crippen molar-refractivity contribution in [3.63, 3.8) is 0 Å². The Bertz CT molecular complexity index is 526. The number of phosphoric ester groups is 1. The summed E-state index contributed by atoms with van der Waals surface area (Å²) in [5.41, 5.74) is 0. The Morgan fingerprint density at radius 1 is 0.815 bits per heavy atom. The van der Waals surface area contributed by atoms with Gasteiger partial charge in [-0.3, -0.25) is 4.52 Å². The molecule has 0 amide bonds. The maximum Gasteiger partial charge on any atom is 0.469 e. The van der Waals surface area contributed by atoms with E-state index < -0.39 is 82.4 Å². The average molecular weight is 422 g/mol. The quantitative estimate of drug-likeness (QED) is 0.182. The van der Waals surface area contributed by atoms with Crippen molar-refractivity contribution >= 4 is 7.82 Å². The first-order valence-electron chi connectivity index (χ1n) is 7.82. The van der Waals surface area contributed by atoms with Crippen LogP contribution in [0.15, 0.2) is 0 Å². The van der Waals surface area contributed by atoms with E-state index >= 15 is 0 Å². The van der Waals surface area contributed by atoms with E-state index in [1.807, 2.05) is 0 Å². The Balaban J connectivity index is 2.11. The molecule has 0 aromatic heterocycles. The number of aliphatic hydroxyl groups is 7. The van der Waals surface area contributed by atoms with E-state index in [1.54, 1.807) is 0 Å². The van der Waals surface area contributed by atoms with Gasteiger partial charge in [0.05, 0.1) is 13.2 Å². The summed E-state index contributed by atoms with van der Waals surface area (Å²) in [5.74, 6) is 0. The predicted molar refractivity (Wildman–Crippen MR) is 79.5 cm³/mol. The molecule has 2 rings (SSSR count). The number of rotatable bonds is 6. The van der Waals surface area contributed by atoms with E-state index in [0.29, 0.717) is 0 Å². The summed E-state index contributed by atoms with van der Waals surface area (Å²) in [7, 11) is -4.92. The molecule has 2 fully saturated rings. The van der Waals surface area contributed by atoms with E-state index in [4.69, 9.17) is 24.0 Å². The van der Waals surface area contributed by atoms with Crippen molar-refractivity contribution in [3.8, 4) is 0 Å². The van der Waals surface area contributed by atoms with Crippen LogP contribution in [0, 0.1) is 0 Å². The van der Waals surface area contributed by atoms with E-state index in [2.05, 4.69) is 4.52 Å². The third-order valence-electron chi connectivity index (χ3n) is 4.21. The van der Waals surface area contributed by atoms with Crippen molar-refractivity contribution in [2.24, 2.45) is 0 Å². The van der Waals surface area contributed by atoms with Crippen molar-refractivity contribution in [2.45, 2.75) is 61.4 Å². The number of hydrogen-bond acceptors (Lipinski definition) is 12. The highest BCUT2D eigenvalue weighted by atomic mass is 31.2. The average Bonchev–Trinajstić information content (AvgIpc) is 2.60. The van der Waals surface area contributed by atoms with Gasteiger partial charge in [-0.1, -0.05) is 0 Å². The molecule has 1 unspecified atom stereocenters. The Morgan fingerprint density at radius 3 is 2.00 bits per heavy atom. The van der Waals surface area contributed by atoms with Gasteiger partial charge in [-0.25, -0.2) is 4.57 Å². The molecule has 27 heavy (non-hydrogen) atoms. The lowest BCUT2D eigenvalue weighted by atomic mass is 9.97. The molecule has 0 radical (unpaired) electrons. The van der Waals surface area contributed by atoms with Gasteiger partial charge >= 0.3 is 7.82 Å². The predicted octanol–water partition coefficient (Wildman–Crippen LogP) is -5.28. The zero-order chi connectivity index (χ0) is 20.5. The molecule has 0 aromatic rings. The summed E-state index contributed by atoms with van der Waals surface area (Å²) in [6.45, 7) is -1.63. The molecule has 0 saturated carbocycles. The molecule has 2 aliphatic heterocycles. The van der Waals surface area contributed by atoms with Gasteiger partial charge in [0.25, 0.3) is 0 Å². The van der Waals surface area contributed by atoms with Crippen LogP contribution >= 0.6 is 7.82 Å². The van der Waals surface area contributed by atoms with Crippen LogP contribution in [0.2, 0.25) is 0 Å². The molecule has 0 aromatic carbocycles. The number of hydrogen-bond donors (Lipinski definition) is 9. The minimum Gasteiger partial charge on any atom is -0.394 e. The molecule has 15 heteroatoms. The Morgan fingerprint density at radius 2 is 1.44 bits per heavy atom. The van der Waals surface area contributed by atoms with Crippen molar-refractivity contribution < 1.29 is 68.8 Å². The van der Waals surface area contributed by atoms with Crippen LogP contribution in [0.25, 0.3) is 0 Å². The highest BCUT2D eigenvalue weighted by Crippen LogP contribution is 2.37. The lowest BCUT2D eigenvalue weighted by molar-refractivity contribution is -0.354. The van der Waals surface area contributed by atoms with Crippen LogP contribution in [0.3, 0.4) is 0 Å². The maximum atomic E-state index is 10.8. The number of phosphoric acid groups is 1. The van der Waals surface area contributed by atoms with Crippen LogP contribution in [0.5, 0.6) is 0 Å². The van der Waals surface area contributed by atoms with Gasteiger partial charge in [0.15, 0.2) is 12.6 Å². The molecule has 9 N–H and O–H groups in total. The fraction of sp³-hybridized carbons (Fsp3) is 1.00. The molecule has 0 bridgehead atoms. The van der Waals surface area contributed by atoms with Gasteiger partial charge in [-0.2, -0.15) is 0 Å². The Labute approximate surface area is 152 Å². The molecule has 0 aliphatic carbocycles. The largest absolute Gasteiger partial charge is 0.469 e. The van der Waals surface area contributed by atoms with Gasteiger partial charge in [-0.05, 0) is 0 Å². The van der Waals surface area contributed by atoms with Crippen molar-refractivity contribution in [1.82, 2.24) is 0 Å². The second-order valence-corrected chi connectivity index (χ2v) is 7.37. The van der Waals surface area contributed by atoms with Crippen LogP contribution in [-0.2, 0) is 23.3 Å². The highest BCUT2D eigenvalue weighted by molar-refractivity contribution is 7.46.